The molecule has 1 heterocycles. The first-order valence-corrected chi connectivity index (χ1v) is 8.81. The molecule has 28 heavy (non-hydrogen) atoms. The van der Waals surface area contributed by atoms with Gasteiger partial charge in [-0.3, -0.25) is 14.6 Å². The van der Waals surface area contributed by atoms with Crippen LogP contribution in [0.5, 0.6) is 5.75 Å². The Balaban J connectivity index is 1.67. The second kappa shape index (κ2) is 8.81. The third-order valence-corrected chi connectivity index (χ3v) is 4.20. The highest BCUT2D eigenvalue weighted by atomic mass is 16.5. The fourth-order valence-corrected chi connectivity index (χ4v) is 2.65. The first kappa shape index (κ1) is 19.1. The Morgan fingerprint density at radius 1 is 1.00 bits per heavy atom. The Hall–Kier alpha value is -3.67. The van der Waals surface area contributed by atoms with Crippen LogP contribution in [0, 0.1) is 6.92 Å². The predicted octanol–water partition coefficient (Wildman–Crippen LogP) is 3.58. The van der Waals surface area contributed by atoms with E-state index in [0.717, 1.165) is 11.1 Å². The van der Waals surface area contributed by atoms with Crippen molar-refractivity contribution in [1.82, 2.24) is 10.3 Å². The number of pyridine rings is 1. The number of carbonyl (C=O) groups is 2. The van der Waals surface area contributed by atoms with Crippen LogP contribution in [-0.2, 0) is 6.54 Å². The summed E-state index contributed by atoms with van der Waals surface area (Å²) in [5.74, 6) is 0.0385. The van der Waals surface area contributed by atoms with Crippen molar-refractivity contribution in [2.24, 2.45) is 0 Å². The van der Waals surface area contributed by atoms with Crippen molar-refractivity contribution in [2.45, 2.75) is 13.5 Å². The minimum atomic E-state index is -0.372. The summed E-state index contributed by atoms with van der Waals surface area (Å²) < 4.78 is 5.28. The summed E-state index contributed by atoms with van der Waals surface area (Å²) in [5, 5.41) is 5.61. The summed E-state index contributed by atoms with van der Waals surface area (Å²) in [7, 11) is 1.59. The number of anilines is 1. The molecule has 0 saturated carbocycles. The highest BCUT2D eigenvalue weighted by molar-refractivity contribution is 6.04. The number of amides is 2. The van der Waals surface area contributed by atoms with Gasteiger partial charge in [0.2, 0.25) is 0 Å². The number of methoxy groups -OCH3 is 1. The van der Waals surface area contributed by atoms with Crippen LogP contribution in [0.4, 0.5) is 5.69 Å². The lowest BCUT2D eigenvalue weighted by Crippen LogP contribution is -2.24. The molecule has 3 aromatic rings. The molecule has 0 aliphatic heterocycles. The van der Waals surface area contributed by atoms with Gasteiger partial charge in [0.1, 0.15) is 11.4 Å². The van der Waals surface area contributed by atoms with E-state index in [2.05, 4.69) is 15.6 Å². The zero-order valence-electron chi connectivity index (χ0n) is 15.7. The number of hydrogen-bond acceptors (Lipinski definition) is 4. The fraction of sp³-hybridized carbons (Fsp3) is 0.136. The fourth-order valence-electron chi connectivity index (χ4n) is 2.65. The molecule has 0 unspecified atom stereocenters. The van der Waals surface area contributed by atoms with E-state index in [4.69, 9.17) is 4.74 Å². The van der Waals surface area contributed by atoms with E-state index in [-0.39, 0.29) is 17.5 Å². The molecular formula is C22H21N3O3. The Bertz CT molecular complexity index is 984. The molecular weight excluding hydrogens is 354 g/mol. The average molecular weight is 375 g/mol. The number of rotatable bonds is 6. The second-order valence-electron chi connectivity index (χ2n) is 6.24. The Morgan fingerprint density at radius 2 is 1.75 bits per heavy atom. The zero-order valence-corrected chi connectivity index (χ0v) is 15.7. The van der Waals surface area contributed by atoms with Crippen molar-refractivity contribution in [3.05, 3.63) is 89.2 Å². The Morgan fingerprint density at radius 3 is 2.50 bits per heavy atom. The molecule has 0 atom stereocenters. The van der Waals surface area contributed by atoms with E-state index in [1.165, 1.54) is 12.3 Å². The molecule has 3 rings (SSSR count). The van der Waals surface area contributed by atoms with Crippen LogP contribution in [-0.4, -0.2) is 23.9 Å². The number of hydrogen-bond donors (Lipinski definition) is 2. The van der Waals surface area contributed by atoms with Crippen LogP contribution in [0.25, 0.3) is 0 Å². The maximum atomic E-state index is 12.5. The Kier molecular flexibility index (Phi) is 6.01. The van der Waals surface area contributed by atoms with Crippen LogP contribution < -0.4 is 15.4 Å². The lowest BCUT2D eigenvalue weighted by molar-refractivity contribution is 0.0950. The van der Waals surface area contributed by atoms with Gasteiger partial charge in [-0.05, 0) is 37.3 Å². The van der Waals surface area contributed by atoms with Crippen molar-refractivity contribution in [3.63, 3.8) is 0 Å². The summed E-state index contributed by atoms with van der Waals surface area (Å²) in [5.41, 5.74) is 3.17. The van der Waals surface area contributed by atoms with Gasteiger partial charge in [0, 0.05) is 29.6 Å². The van der Waals surface area contributed by atoms with Gasteiger partial charge in [0.05, 0.1) is 7.11 Å². The van der Waals surface area contributed by atoms with E-state index < -0.39 is 0 Å². The maximum Gasteiger partial charge on any atom is 0.274 e. The summed E-state index contributed by atoms with van der Waals surface area (Å²) in [4.78, 5) is 29.0. The first-order chi connectivity index (χ1) is 13.6. The average Bonchev–Trinajstić information content (AvgIpc) is 2.74. The van der Waals surface area contributed by atoms with Crippen LogP contribution in [0.3, 0.4) is 0 Å². The molecule has 1 aromatic heterocycles. The number of ether oxygens (including phenoxy) is 1. The van der Waals surface area contributed by atoms with Gasteiger partial charge in [0.15, 0.2) is 0 Å². The molecule has 0 spiro atoms. The number of aryl methyl sites for hydroxylation is 1. The van der Waals surface area contributed by atoms with Crippen molar-refractivity contribution in [1.29, 1.82) is 0 Å². The molecule has 0 bridgehead atoms. The highest BCUT2D eigenvalue weighted by Gasteiger charge is 2.13. The minimum absolute atomic E-state index is 0.172. The summed E-state index contributed by atoms with van der Waals surface area (Å²) in [6, 6.07) is 18.0. The monoisotopic (exact) mass is 375 g/mol. The lowest BCUT2D eigenvalue weighted by atomic mass is 10.1. The minimum Gasteiger partial charge on any atom is -0.496 e. The smallest absolute Gasteiger partial charge is 0.274 e. The Labute approximate surface area is 163 Å². The highest BCUT2D eigenvalue weighted by Crippen LogP contribution is 2.17. The number of carbonyl (C=O) groups excluding carboxylic acids is 2. The summed E-state index contributed by atoms with van der Waals surface area (Å²) in [6.07, 6.45) is 1.45. The van der Waals surface area contributed by atoms with Crippen LogP contribution >= 0.6 is 0 Å². The number of aromatic nitrogens is 1. The van der Waals surface area contributed by atoms with Gasteiger partial charge in [0.25, 0.3) is 11.8 Å². The first-order valence-electron chi connectivity index (χ1n) is 8.81. The standard InChI is InChI=1S/C22H21N3O3/c1-15-7-9-18(10-8-15)25-22(27)19-13-16(11-12-23-19)21(26)24-14-17-5-3-4-6-20(17)28-2/h3-13H,14H2,1-2H3,(H,24,26)(H,25,27). The normalized spacial score (nSPS) is 10.2. The van der Waals surface area contributed by atoms with Gasteiger partial charge in [-0.25, -0.2) is 0 Å². The SMILES string of the molecule is COc1ccccc1CNC(=O)c1ccnc(C(=O)Nc2ccc(C)cc2)c1. The second-order valence-corrected chi connectivity index (χ2v) is 6.24. The van der Waals surface area contributed by atoms with Crippen LogP contribution in [0.15, 0.2) is 66.9 Å². The van der Waals surface area contributed by atoms with Crippen molar-refractivity contribution < 1.29 is 14.3 Å². The summed E-state index contributed by atoms with van der Waals surface area (Å²) >= 11 is 0. The number of nitrogens with zero attached hydrogens (tertiary/aromatic N) is 1. The molecule has 0 fully saturated rings. The van der Waals surface area contributed by atoms with Gasteiger partial charge in [-0.15, -0.1) is 0 Å². The van der Waals surface area contributed by atoms with E-state index in [0.29, 0.717) is 23.5 Å². The molecule has 2 aromatic carbocycles. The number of benzene rings is 2. The third-order valence-electron chi connectivity index (χ3n) is 4.20. The molecule has 142 valence electrons. The van der Waals surface area contributed by atoms with Gasteiger partial charge >= 0.3 is 0 Å². The molecule has 2 amide bonds. The zero-order chi connectivity index (χ0) is 19.9. The molecule has 2 N–H and O–H groups in total. The molecule has 0 saturated heterocycles. The van der Waals surface area contributed by atoms with Gasteiger partial charge in [-0.2, -0.15) is 0 Å². The van der Waals surface area contributed by atoms with E-state index in [9.17, 15) is 9.59 Å². The lowest BCUT2D eigenvalue weighted by Gasteiger charge is -2.10. The van der Waals surface area contributed by atoms with Crippen LogP contribution in [0.2, 0.25) is 0 Å². The largest absolute Gasteiger partial charge is 0.496 e. The van der Waals surface area contributed by atoms with Crippen molar-refractivity contribution >= 4 is 17.5 Å². The van der Waals surface area contributed by atoms with E-state index in [1.807, 2.05) is 55.5 Å². The number of para-hydroxylation sites is 1. The molecule has 0 radical (unpaired) electrons. The third kappa shape index (κ3) is 4.73. The predicted molar refractivity (Wildman–Crippen MR) is 108 cm³/mol. The quantitative estimate of drug-likeness (QED) is 0.690. The maximum absolute atomic E-state index is 12.5. The van der Waals surface area contributed by atoms with Crippen molar-refractivity contribution in [3.8, 4) is 5.75 Å². The topological polar surface area (TPSA) is 80.3 Å². The van der Waals surface area contributed by atoms with E-state index in [1.54, 1.807) is 13.2 Å². The summed E-state index contributed by atoms with van der Waals surface area (Å²) in [6.45, 7) is 2.29. The van der Waals surface area contributed by atoms with E-state index >= 15 is 0 Å². The van der Waals surface area contributed by atoms with Gasteiger partial charge < -0.3 is 15.4 Å². The van der Waals surface area contributed by atoms with Crippen molar-refractivity contribution in [2.75, 3.05) is 12.4 Å². The molecule has 0 aliphatic rings. The number of nitrogens with one attached hydrogen (secondary N) is 2. The van der Waals surface area contributed by atoms with Crippen LogP contribution in [0.1, 0.15) is 32.0 Å². The van der Waals surface area contributed by atoms with Gasteiger partial charge in [-0.1, -0.05) is 35.9 Å². The molecule has 6 nitrogen and oxygen atoms in total. The molecule has 6 heteroatoms. The molecule has 0 aliphatic carbocycles.